The van der Waals surface area contributed by atoms with E-state index < -0.39 is 0 Å². The second-order valence-electron chi connectivity index (χ2n) is 6.77. The average Bonchev–Trinajstić information content (AvgIpc) is 2.59. The third kappa shape index (κ3) is 6.13. The number of ether oxygens (including phenoxy) is 2. The van der Waals surface area contributed by atoms with Gasteiger partial charge in [0.2, 0.25) is 0 Å². The molecule has 1 saturated heterocycles. The molecule has 1 aliphatic rings. The summed E-state index contributed by atoms with van der Waals surface area (Å²) >= 11 is 0. The van der Waals surface area contributed by atoms with Crippen LogP contribution < -0.4 is 14.5 Å². The van der Waals surface area contributed by atoms with Crippen LogP contribution in [0.15, 0.2) is 24.3 Å². The molecule has 2 rings (SSSR count). The van der Waals surface area contributed by atoms with Gasteiger partial charge >= 0.3 is 0 Å². The zero-order chi connectivity index (χ0) is 16.5. The first-order valence-electron chi connectivity index (χ1n) is 9.15. The lowest BCUT2D eigenvalue weighted by Crippen LogP contribution is -3.27. The molecule has 0 aromatic heterocycles. The minimum absolute atomic E-state index is 0.537. The van der Waals surface area contributed by atoms with E-state index in [0.29, 0.717) is 19.1 Å². The predicted octanol–water partition coefficient (Wildman–Crippen LogP) is 0.00870. The molecule has 0 spiro atoms. The number of likely N-dealkylation sites (N-methyl/N-ethyl adjacent to an activating group) is 1. The maximum absolute atomic E-state index is 5.93. The summed E-state index contributed by atoms with van der Waals surface area (Å²) in [6.45, 7) is 12.8. The second kappa shape index (κ2) is 9.91. The van der Waals surface area contributed by atoms with Crippen molar-refractivity contribution in [2.24, 2.45) is 0 Å². The van der Waals surface area contributed by atoms with E-state index in [9.17, 15) is 0 Å². The number of piperazine rings is 1. The first kappa shape index (κ1) is 18.2. The van der Waals surface area contributed by atoms with Gasteiger partial charge in [-0.25, -0.2) is 0 Å². The van der Waals surface area contributed by atoms with Gasteiger partial charge in [-0.3, -0.25) is 0 Å². The largest absolute Gasteiger partial charge is 0.491 e. The Bertz CT molecular complexity index is 445. The van der Waals surface area contributed by atoms with Crippen molar-refractivity contribution < 1.29 is 19.3 Å². The fourth-order valence-electron chi connectivity index (χ4n) is 3.05. The maximum atomic E-state index is 5.93. The Labute approximate surface area is 141 Å². The number of nitrogens with one attached hydrogen (secondary N) is 2. The molecule has 4 heteroatoms. The van der Waals surface area contributed by atoms with Crippen LogP contribution in [-0.4, -0.2) is 59.6 Å². The molecule has 1 aromatic rings. The van der Waals surface area contributed by atoms with Gasteiger partial charge in [0.1, 0.15) is 45.1 Å². The summed E-state index contributed by atoms with van der Waals surface area (Å²) < 4.78 is 11.7. The van der Waals surface area contributed by atoms with Crippen molar-refractivity contribution in [3.05, 3.63) is 29.8 Å². The molecule has 4 nitrogen and oxygen atoms in total. The van der Waals surface area contributed by atoms with E-state index in [-0.39, 0.29) is 0 Å². The molecule has 1 atom stereocenters. The summed E-state index contributed by atoms with van der Waals surface area (Å²) in [6, 6.07) is 8.37. The van der Waals surface area contributed by atoms with E-state index in [4.69, 9.17) is 9.47 Å². The highest BCUT2D eigenvalue weighted by molar-refractivity contribution is 5.35. The quantitative estimate of drug-likeness (QED) is 0.627. The standard InChI is InChI=1S/C19H32N2O2/c1-4-17(2)18-7-5-6-8-19(18)23-16-15-22-14-13-21-11-9-20(3)10-12-21/h5-8,17H,4,9-16H2,1-3H3/p+2/t17-/m1/s1. The van der Waals surface area contributed by atoms with Gasteiger partial charge < -0.3 is 19.3 Å². The van der Waals surface area contributed by atoms with Crippen LogP contribution in [0.25, 0.3) is 0 Å². The van der Waals surface area contributed by atoms with Crippen LogP contribution in [0.5, 0.6) is 5.75 Å². The van der Waals surface area contributed by atoms with Gasteiger partial charge in [-0.15, -0.1) is 0 Å². The molecule has 0 amide bonds. The SMILES string of the molecule is CC[C@@H](C)c1ccccc1OCCOCC[NH+]1CC[NH+](C)CC1. The Morgan fingerprint density at radius 2 is 1.78 bits per heavy atom. The Hall–Kier alpha value is -1.10. The Morgan fingerprint density at radius 3 is 2.52 bits per heavy atom. The fourth-order valence-corrected chi connectivity index (χ4v) is 3.05. The van der Waals surface area contributed by atoms with Crippen LogP contribution in [0.1, 0.15) is 31.7 Å². The van der Waals surface area contributed by atoms with Gasteiger partial charge in [0, 0.05) is 0 Å². The van der Waals surface area contributed by atoms with Crippen LogP contribution in [0.4, 0.5) is 0 Å². The van der Waals surface area contributed by atoms with Crippen molar-refractivity contribution in [2.45, 2.75) is 26.2 Å². The highest BCUT2D eigenvalue weighted by Crippen LogP contribution is 2.28. The molecule has 0 aliphatic carbocycles. The molecule has 1 aliphatic heterocycles. The van der Waals surface area contributed by atoms with Gasteiger partial charge in [-0.2, -0.15) is 0 Å². The second-order valence-corrected chi connectivity index (χ2v) is 6.77. The molecule has 0 saturated carbocycles. The molecule has 0 bridgehead atoms. The third-order valence-corrected chi connectivity index (χ3v) is 4.96. The predicted molar refractivity (Wildman–Crippen MR) is 93.6 cm³/mol. The van der Waals surface area contributed by atoms with Gasteiger partial charge in [0.15, 0.2) is 0 Å². The Kier molecular flexibility index (Phi) is 7.86. The minimum Gasteiger partial charge on any atom is -0.491 e. The van der Waals surface area contributed by atoms with Gasteiger partial charge in [0.25, 0.3) is 0 Å². The first-order valence-corrected chi connectivity index (χ1v) is 9.15. The molecule has 130 valence electrons. The summed E-state index contributed by atoms with van der Waals surface area (Å²) in [5, 5.41) is 0. The minimum atomic E-state index is 0.537. The monoisotopic (exact) mass is 322 g/mol. The van der Waals surface area contributed by atoms with Crippen LogP contribution >= 0.6 is 0 Å². The van der Waals surface area contributed by atoms with Crippen molar-refractivity contribution in [3.8, 4) is 5.75 Å². The molecule has 2 N–H and O–H groups in total. The lowest BCUT2D eigenvalue weighted by atomic mass is 9.98. The Balaban J connectivity index is 1.61. The smallest absolute Gasteiger partial charge is 0.127 e. The number of benzene rings is 1. The van der Waals surface area contributed by atoms with Gasteiger partial charge in [-0.05, 0) is 24.0 Å². The van der Waals surface area contributed by atoms with E-state index in [0.717, 1.165) is 25.3 Å². The summed E-state index contributed by atoms with van der Waals surface area (Å²) in [6.07, 6.45) is 1.13. The van der Waals surface area contributed by atoms with E-state index in [1.54, 1.807) is 9.80 Å². The molecular formula is C19H34N2O2+2. The number of para-hydroxylation sites is 1. The summed E-state index contributed by atoms with van der Waals surface area (Å²) in [4.78, 5) is 3.33. The molecule has 0 radical (unpaired) electrons. The van der Waals surface area contributed by atoms with E-state index in [2.05, 4.69) is 39.1 Å². The molecular weight excluding hydrogens is 288 g/mol. The van der Waals surface area contributed by atoms with Crippen LogP contribution in [0.2, 0.25) is 0 Å². The summed E-state index contributed by atoms with van der Waals surface area (Å²) in [7, 11) is 2.28. The van der Waals surface area contributed by atoms with Crippen molar-refractivity contribution in [3.63, 3.8) is 0 Å². The first-order chi connectivity index (χ1) is 11.2. The van der Waals surface area contributed by atoms with E-state index in [1.807, 2.05) is 6.07 Å². The molecule has 1 fully saturated rings. The van der Waals surface area contributed by atoms with Gasteiger partial charge in [0.05, 0.1) is 20.3 Å². The van der Waals surface area contributed by atoms with Crippen LogP contribution in [0, 0.1) is 0 Å². The van der Waals surface area contributed by atoms with Crippen LogP contribution in [-0.2, 0) is 4.74 Å². The van der Waals surface area contributed by atoms with Crippen molar-refractivity contribution in [1.29, 1.82) is 0 Å². The zero-order valence-corrected chi connectivity index (χ0v) is 15.1. The Morgan fingerprint density at radius 1 is 1.04 bits per heavy atom. The fraction of sp³-hybridized carbons (Fsp3) is 0.684. The number of quaternary nitrogens is 2. The van der Waals surface area contributed by atoms with E-state index >= 15 is 0 Å². The summed E-state index contributed by atoms with van der Waals surface area (Å²) in [5.41, 5.74) is 1.30. The van der Waals surface area contributed by atoms with Crippen molar-refractivity contribution in [2.75, 3.05) is 59.6 Å². The van der Waals surface area contributed by atoms with Crippen LogP contribution in [0.3, 0.4) is 0 Å². The topological polar surface area (TPSA) is 27.3 Å². The number of hydrogen-bond acceptors (Lipinski definition) is 2. The zero-order valence-electron chi connectivity index (χ0n) is 15.1. The molecule has 1 aromatic carbocycles. The highest BCUT2D eigenvalue weighted by atomic mass is 16.5. The lowest BCUT2D eigenvalue weighted by molar-refractivity contribution is -1.00. The molecule has 0 unspecified atom stereocenters. The number of hydrogen-bond donors (Lipinski definition) is 2. The molecule has 23 heavy (non-hydrogen) atoms. The third-order valence-electron chi connectivity index (χ3n) is 4.96. The van der Waals surface area contributed by atoms with Gasteiger partial charge in [-0.1, -0.05) is 32.0 Å². The van der Waals surface area contributed by atoms with Crippen molar-refractivity contribution >= 4 is 0 Å². The normalized spacial score (nSPS) is 22.7. The van der Waals surface area contributed by atoms with E-state index in [1.165, 1.54) is 31.7 Å². The molecule has 1 heterocycles. The van der Waals surface area contributed by atoms with Crippen molar-refractivity contribution in [1.82, 2.24) is 0 Å². The average molecular weight is 322 g/mol. The highest BCUT2D eigenvalue weighted by Gasteiger charge is 2.19. The maximum Gasteiger partial charge on any atom is 0.127 e. The lowest BCUT2D eigenvalue weighted by Gasteiger charge is -2.27. The number of rotatable bonds is 9. The summed E-state index contributed by atoms with van der Waals surface area (Å²) in [5.74, 6) is 1.55.